The number of hydrogen-bond donors (Lipinski definition) is 1. The summed E-state index contributed by atoms with van der Waals surface area (Å²) in [6.45, 7) is 2.50. The predicted molar refractivity (Wildman–Crippen MR) is 143 cm³/mol. The number of nitrogens with one attached hydrogen (secondary N) is 1. The first-order chi connectivity index (χ1) is 17.5. The van der Waals surface area contributed by atoms with E-state index >= 15 is 0 Å². The maximum atomic E-state index is 12.4. The van der Waals surface area contributed by atoms with Crippen molar-refractivity contribution in [2.75, 3.05) is 0 Å². The van der Waals surface area contributed by atoms with E-state index in [1.54, 1.807) is 66.7 Å². The van der Waals surface area contributed by atoms with Crippen molar-refractivity contribution in [1.29, 1.82) is 0 Å². The second-order valence-corrected chi connectivity index (χ2v) is 8.79. The van der Waals surface area contributed by atoms with E-state index in [4.69, 9.17) is 9.47 Å². The normalized spacial score (nSPS) is 10.7. The van der Waals surface area contributed by atoms with Gasteiger partial charge in [-0.05, 0) is 94.6 Å². The van der Waals surface area contributed by atoms with Crippen molar-refractivity contribution >= 4 is 34.0 Å². The summed E-state index contributed by atoms with van der Waals surface area (Å²) in [5, 5.41) is 4.00. The molecule has 0 aliphatic heterocycles. The Hall–Kier alpha value is -4.23. The number of rotatable bonds is 8. The van der Waals surface area contributed by atoms with Crippen LogP contribution in [0.25, 0.3) is 0 Å². The van der Waals surface area contributed by atoms with Crippen molar-refractivity contribution in [1.82, 2.24) is 5.43 Å². The Bertz CT molecular complexity index is 1370. The van der Waals surface area contributed by atoms with E-state index in [2.05, 4.69) is 26.5 Å². The lowest BCUT2D eigenvalue weighted by atomic mass is 10.2. The van der Waals surface area contributed by atoms with Crippen molar-refractivity contribution in [3.05, 3.63) is 129 Å². The van der Waals surface area contributed by atoms with Crippen molar-refractivity contribution < 1.29 is 19.1 Å². The SMILES string of the molecule is Cc1ccc(COc2ccc(C(=O)N/N=C/c3ccc(OC(=O)c4ccccc4Br)cc3)cc2)cc1. The molecule has 0 radical (unpaired) electrons. The number of ether oxygens (including phenoxy) is 2. The van der Waals surface area contributed by atoms with E-state index in [0.717, 1.165) is 11.1 Å². The average Bonchev–Trinajstić information content (AvgIpc) is 2.90. The zero-order valence-corrected chi connectivity index (χ0v) is 21.1. The second kappa shape index (κ2) is 12.0. The van der Waals surface area contributed by atoms with E-state index in [9.17, 15) is 9.59 Å². The maximum absolute atomic E-state index is 12.4. The van der Waals surface area contributed by atoms with Gasteiger partial charge in [-0.1, -0.05) is 42.0 Å². The van der Waals surface area contributed by atoms with Gasteiger partial charge in [0.2, 0.25) is 0 Å². The monoisotopic (exact) mass is 542 g/mol. The molecule has 0 bridgehead atoms. The fraction of sp³-hybridized carbons (Fsp3) is 0.0690. The van der Waals surface area contributed by atoms with Crippen LogP contribution in [-0.4, -0.2) is 18.1 Å². The Labute approximate surface area is 217 Å². The molecule has 7 heteroatoms. The molecule has 6 nitrogen and oxygen atoms in total. The summed E-state index contributed by atoms with van der Waals surface area (Å²) in [5.41, 5.74) is 6.42. The van der Waals surface area contributed by atoms with Crippen LogP contribution in [0.1, 0.15) is 37.4 Å². The molecule has 0 aliphatic carbocycles. The number of halogens is 1. The van der Waals surface area contributed by atoms with Gasteiger partial charge in [-0.15, -0.1) is 0 Å². The highest BCUT2D eigenvalue weighted by atomic mass is 79.9. The average molecular weight is 543 g/mol. The third-order valence-corrected chi connectivity index (χ3v) is 5.90. The summed E-state index contributed by atoms with van der Waals surface area (Å²) in [6, 6.07) is 28.8. The Balaban J connectivity index is 1.26. The molecule has 0 spiro atoms. The Morgan fingerprint density at radius 2 is 1.53 bits per heavy atom. The standard InChI is InChI=1S/C29H23BrN2O4/c1-20-6-8-22(9-7-20)19-35-24-16-12-23(13-17-24)28(33)32-31-18-21-10-14-25(15-11-21)36-29(34)26-4-2-3-5-27(26)30/h2-18H,19H2,1H3,(H,32,33)/b31-18+. The zero-order chi connectivity index (χ0) is 25.3. The summed E-state index contributed by atoms with van der Waals surface area (Å²) < 4.78 is 11.8. The number of amides is 1. The molecule has 0 saturated heterocycles. The van der Waals surface area contributed by atoms with Gasteiger partial charge in [0.05, 0.1) is 11.8 Å². The third kappa shape index (κ3) is 6.90. The summed E-state index contributed by atoms with van der Waals surface area (Å²) in [7, 11) is 0. The summed E-state index contributed by atoms with van der Waals surface area (Å²) in [4.78, 5) is 24.7. The Morgan fingerprint density at radius 3 is 2.22 bits per heavy atom. The van der Waals surface area contributed by atoms with E-state index in [1.807, 2.05) is 37.3 Å². The fourth-order valence-electron chi connectivity index (χ4n) is 3.19. The minimum absolute atomic E-state index is 0.338. The summed E-state index contributed by atoms with van der Waals surface area (Å²) in [6.07, 6.45) is 1.51. The highest BCUT2D eigenvalue weighted by molar-refractivity contribution is 9.10. The molecule has 4 rings (SSSR count). The van der Waals surface area contributed by atoms with Crippen LogP contribution in [-0.2, 0) is 6.61 Å². The van der Waals surface area contributed by atoms with E-state index in [-0.39, 0.29) is 5.91 Å². The van der Waals surface area contributed by atoms with Gasteiger partial charge in [0.25, 0.3) is 5.91 Å². The van der Waals surface area contributed by atoms with Gasteiger partial charge in [-0.2, -0.15) is 5.10 Å². The number of hydrogen-bond acceptors (Lipinski definition) is 5. The first kappa shape index (κ1) is 24.9. The molecule has 180 valence electrons. The molecular weight excluding hydrogens is 520 g/mol. The lowest BCUT2D eigenvalue weighted by Gasteiger charge is -2.07. The number of hydrazone groups is 1. The molecular formula is C29H23BrN2O4. The number of benzene rings is 4. The Kier molecular flexibility index (Phi) is 8.26. The number of aryl methyl sites for hydroxylation is 1. The number of carbonyl (C=O) groups is 2. The van der Waals surface area contributed by atoms with Crippen molar-refractivity contribution in [2.45, 2.75) is 13.5 Å². The second-order valence-electron chi connectivity index (χ2n) is 7.94. The molecule has 0 aliphatic rings. The van der Waals surface area contributed by atoms with Gasteiger partial charge in [0, 0.05) is 10.0 Å². The molecule has 0 saturated carbocycles. The van der Waals surface area contributed by atoms with Crippen LogP contribution in [0.15, 0.2) is 107 Å². The van der Waals surface area contributed by atoms with Gasteiger partial charge in [0.15, 0.2) is 0 Å². The molecule has 0 aromatic heterocycles. The van der Waals surface area contributed by atoms with E-state index in [1.165, 1.54) is 11.8 Å². The van der Waals surface area contributed by atoms with E-state index in [0.29, 0.717) is 33.7 Å². The quantitative estimate of drug-likeness (QED) is 0.122. The molecule has 1 N–H and O–H groups in total. The molecule has 0 heterocycles. The first-order valence-electron chi connectivity index (χ1n) is 11.2. The Morgan fingerprint density at radius 1 is 0.861 bits per heavy atom. The lowest BCUT2D eigenvalue weighted by Crippen LogP contribution is -2.17. The van der Waals surface area contributed by atoms with Gasteiger partial charge < -0.3 is 9.47 Å². The first-order valence-corrected chi connectivity index (χ1v) is 12.0. The smallest absolute Gasteiger partial charge is 0.344 e. The van der Waals surface area contributed by atoms with Gasteiger partial charge in [0.1, 0.15) is 18.1 Å². The topological polar surface area (TPSA) is 77.0 Å². The van der Waals surface area contributed by atoms with Crippen LogP contribution in [0.4, 0.5) is 0 Å². The van der Waals surface area contributed by atoms with Gasteiger partial charge in [-0.25, -0.2) is 10.2 Å². The maximum Gasteiger partial charge on any atom is 0.344 e. The molecule has 4 aromatic rings. The zero-order valence-electron chi connectivity index (χ0n) is 19.5. The molecule has 0 fully saturated rings. The van der Waals surface area contributed by atoms with Crippen LogP contribution in [0.3, 0.4) is 0 Å². The summed E-state index contributed by atoms with van der Waals surface area (Å²) >= 11 is 3.34. The highest BCUT2D eigenvalue weighted by Crippen LogP contribution is 2.19. The van der Waals surface area contributed by atoms with Crippen LogP contribution in [0.5, 0.6) is 11.5 Å². The minimum atomic E-state index is -0.456. The number of nitrogens with zero attached hydrogens (tertiary/aromatic N) is 1. The van der Waals surface area contributed by atoms with Crippen molar-refractivity contribution in [3.63, 3.8) is 0 Å². The van der Waals surface area contributed by atoms with Crippen LogP contribution in [0, 0.1) is 6.92 Å². The van der Waals surface area contributed by atoms with Crippen LogP contribution < -0.4 is 14.9 Å². The summed E-state index contributed by atoms with van der Waals surface area (Å²) in [5.74, 6) is 0.288. The van der Waals surface area contributed by atoms with Crippen molar-refractivity contribution in [2.24, 2.45) is 5.10 Å². The van der Waals surface area contributed by atoms with Gasteiger partial charge >= 0.3 is 5.97 Å². The third-order valence-electron chi connectivity index (χ3n) is 5.21. The predicted octanol–water partition coefficient (Wildman–Crippen LogP) is 6.32. The fourth-order valence-corrected chi connectivity index (χ4v) is 3.64. The largest absolute Gasteiger partial charge is 0.489 e. The molecule has 4 aromatic carbocycles. The minimum Gasteiger partial charge on any atom is -0.489 e. The molecule has 1 amide bonds. The van der Waals surface area contributed by atoms with Crippen LogP contribution >= 0.6 is 15.9 Å². The van der Waals surface area contributed by atoms with Gasteiger partial charge in [-0.3, -0.25) is 4.79 Å². The van der Waals surface area contributed by atoms with Crippen molar-refractivity contribution in [3.8, 4) is 11.5 Å². The molecule has 0 atom stereocenters. The molecule has 36 heavy (non-hydrogen) atoms. The molecule has 0 unspecified atom stereocenters. The number of esters is 1. The van der Waals surface area contributed by atoms with Crippen LogP contribution in [0.2, 0.25) is 0 Å². The highest BCUT2D eigenvalue weighted by Gasteiger charge is 2.11. The van der Waals surface area contributed by atoms with E-state index < -0.39 is 5.97 Å². The number of carbonyl (C=O) groups excluding carboxylic acids is 2. The lowest BCUT2D eigenvalue weighted by molar-refractivity contribution is 0.0733.